The van der Waals surface area contributed by atoms with Gasteiger partial charge < -0.3 is 22.1 Å². The van der Waals surface area contributed by atoms with Gasteiger partial charge in [0.15, 0.2) is 0 Å². The van der Waals surface area contributed by atoms with E-state index >= 15 is 0 Å². The number of amides is 2. The summed E-state index contributed by atoms with van der Waals surface area (Å²) in [5.41, 5.74) is 12.1. The molecule has 0 aromatic heterocycles. The summed E-state index contributed by atoms with van der Waals surface area (Å²) in [7, 11) is 0. The molecular formula is C11H20Cl2N4O. The molecule has 5 nitrogen and oxygen atoms in total. The Morgan fingerprint density at radius 3 is 1.28 bits per heavy atom. The highest BCUT2D eigenvalue weighted by Crippen LogP contribution is 2.60. The molecule has 104 valence electrons. The molecule has 0 aromatic carbocycles. The molecule has 0 radical (unpaired) electrons. The van der Waals surface area contributed by atoms with E-state index in [4.69, 9.17) is 11.5 Å². The van der Waals surface area contributed by atoms with E-state index in [0.29, 0.717) is 0 Å². The number of rotatable bonds is 2. The second kappa shape index (κ2) is 3.45. The van der Waals surface area contributed by atoms with Crippen molar-refractivity contribution in [1.29, 1.82) is 0 Å². The van der Waals surface area contributed by atoms with E-state index in [-0.39, 0.29) is 53.0 Å². The first-order valence-electron chi connectivity index (χ1n) is 6.02. The first kappa shape index (κ1) is 14.2. The van der Waals surface area contributed by atoms with Crippen molar-refractivity contribution in [2.75, 3.05) is 0 Å². The van der Waals surface area contributed by atoms with E-state index in [0.717, 1.165) is 38.5 Å². The van der Waals surface area contributed by atoms with E-state index in [1.807, 2.05) is 0 Å². The molecule has 0 unspecified atom stereocenters. The molecule has 0 aliphatic heterocycles. The molecule has 0 spiro atoms. The fourth-order valence-electron chi connectivity index (χ4n) is 4.51. The van der Waals surface area contributed by atoms with Crippen LogP contribution >= 0.6 is 24.8 Å². The quantitative estimate of drug-likeness (QED) is 0.594. The zero-order chi connectivity index (χ0) is 11.2. The molecule has 18 heavy (non-hydrogen) atoms. The Morgan fingerprint density at radius 2 is 1.06 bits per heavy atom. The lowest BCUT2D eigenvalue weighted by atomic mass is 9.44. The van der Waals surface area contributed by atoms with Gasteiger partial charge in [-0.1, -0.05) is 0 Å². The van der Waals surface area contributed by atoms with E-state index in [1.54, 1.807) is 0 Å². The Balaban J connectivity index is 0.000000602. The smallest absolute Gasteiger partial charge is 0.315 e. The summed E-state index contributed by atoms with van der Waals surface area (Å²) in [5.74, 6) is 0. The van der Waals surface area contributed by atoms with Crippen LogP contribution in [0.25, 0.3) is 0 Å². The zero-order valence-corrected chi connectivity index (χ0v) is 11.8. The van der Waals surface area contributed by atoms with Crippen molar-refractivity contribution in [2.24, 2.45) is 11.5 Å². The molecule has 6 N–H and O–H groups in total. The molecule has 4 bridgehead atoms. The highest BCUT2D eigenvalue weighted by Gasteiger charge is 2.69. The monoisotopic (exact) mass is 294 g/mol. The second-order valence-corrected chi connectivity index (χ2v) is 6.93. The first-order valence-corrected chi connectivity index (χ1v) is 6.02. The molecule has 0 aromatic rings. The summed E-state index contributed by atoms with van der Waals surface area (Å²) in [6, 6.07) is -0.0245. The fraction of sp³-hybridized carbons (Fsp3) is 0.909. The van der Waals surface area contributed by atoms with Crippen LogP contribution in [0.15, 0.2) is 0 Å². The van der Waals surface area contributed by atoms with Gasteiger partial charge in [0.2, 0.25) is 0 Å². The molecule has 0 heterocycles. The summed E-state index contributed by atoms with van der Waals surface area (Å²) in [6.45, 7) is 0. The number of carbonyl (C=O) groups excluding carboxylic acids is 1. The average Bonchev–Trinajstić information content (AvgIpc) is 1.94. The van der Waals surface area contributed by atoms with E-state index in [2.05, 4.69) is 10.6 Å². The maximum absolute atomic E-state index is 11.8. The number of urea groups is 1. The number of nitrogens with two attached hydrogens (primary N) is 2. The molecule has 7 heteroatoms. The van der Waals surface area contributed by atoms with Gasteiger partial charge in [-0.05, 0) is 38.5 Å². The maximum atomic E-state index is 11.8. The second-order valence-electron chi connectivity index (χ2n) is 6.93. The molecule has 2 amide bonds. The lowest BCUT2D eigenvalue weighted by Crippen LogP contribution is -2.86. The maximum Gasteiger partial charge on any atom is 0.315 e. The van der Waals surface area contributed by atoms with E-state index < -0.39 is 0 Å². The third-order valence-corrected chi connectivity index (χ3v) is 4.90. The van der Waals surface area contributed by atoms with E-state index in [1.165, 1.54) is 0 Å². The minimum absolute atomic E-state index is 0. The van der Waals surface area contributed by atoms with Crippen LogP contribution in [-0.4, -0.2) is 28.2 Å². The molecule has 6 aliphatic rings. The SMILES string of the molecule is Cl.Cl.NC12CC(NC(=O)NC34CC(N)(C3)C4)(C1)C2. The molecule has 6 rings (SSSR count). The van der Waals surface area contributed by atoms with Crippen molar-refractivity contribution in [2.45, 2.75) is 60.7 Å². The van der Waals surface area contributed by atoms with Crippen LogP contribution in [0.1, 0.15) is 38.5 Å². The number of nitrogens with one attached hydrogen (secondary N) is 2. The van der Waals surface area contributed by atoms with Crippen molar-refractivity contribution in [3.05, 3.63) is 0 Å². The summed E-state index contributed by atoms with van der Waals surface area (Å²) in [5, 5.41) is 6.15. The predicted molar refractivity (Wildman–Crippen MR) is 73.2 cm³/mol. The largest absolute Gasteiger partial charge is 0.333 e. The Labute approximate surface area is 119 Å². The third-order valence-electron chi connectivity index (χ3n) is 4.90. The lowest BCUT2D eigenvalue weighted by Gasteiger charge is -2.70. The molecule has 0 atom stereocenters. The number of hydrogen-bond donors (Lipinski definition) is 4. The summed E-state index contributed by atoms with van der Waals surface area (Å²) in [4.78, 5) is 11.8. The number of carbonyl (C=O) groups is 1. The van der Waals surface area contributed by atoms with Crippen molar-refractivity contribution in [3.63, 3.8) is 0 Å². The van der Waals surface area contributed by atoms with Crippen LogP contribution in [0.5, 0.6) is 0 Å². The molecule has 6 saturated carbocycles. The third kappa shape index (κ3) is 1.64. The van der Waals surface area contributed by atoms with Crippen LogP contribution in [-0.2, 0) is 0 Å². The van der Waals surface area contributed by atoms with Crippen LogP contribution in [0.3, 0.4) is 0 Å². The minimum atomic E-state index is -0.0245. The van der Waals surface area contributed by atoms with Gasteiger partial charge in [-0.3, -0.25) is 0 Å². The van der Waals surface area contributed by atoms with Crippen LogP contribution in [0.4, 0.5) is 4.79 Å². The van der Waals surface area contributed by atoms with Crippen molar-refractivity contribution in [3.8, 4) is 0 Å². The normalized spacial score (nSPS) is 53.0. The van der Waals surface area contributed by atoms with Gasteiger partial charge in [0, 0.05) is 22.2 Å². The Bertz CT molecular complexity index is 338. The Kier molecular flexibility index (Phi) is 2.72. The average molecular weight is 295 g/mol. The predicted octanol–water partition coefficient (Wildman–Crippen LogP) is 0.397. The fourth-order valence-corrected chi connectivity index (χ4v) is 4.51. The summed E-state index contributed by atoms with van der Waals surface area (Å²) < 4.78 is 0. The van der Waals surface area contributed by atoms with Crippen LogP contribution in [0, 0.1) is 0 Å². The van der Waals surface area contributed by atoms with Crippen molar-refractivity contribution in [1.82, 2.24) is 10.6 Å². The van der Waals surface area contributed by atoms with Gasteiger partial charge in [0.25, 0.3) is 0 Å². The highest BCUT2D eigenvalue weighted by atomic mass is 35.5. The summed E-state index contributed by atoms with van der Waals surface area (Å²) >= 11 is 0. The topological polar surface area (TPSA) is 93.2 Å². The van der Waals surface area contributed by atoms with Gasteiger partial charge in [-0.25, -0.2) is 4.79 Å². The van der Waals surface area contributed by atoms with Crippen molar-refractivity contribution < 1.29 is 4.79 Å². The van der Waals surface area contributed by atoms with Gasteiger partial charge in [-0.2, -0.15) is 0 Å². The Hall–Kier alpha value is -0.230. The van der Waals surface area contributed by atoms with Gasteiger partial charge in [-0.15, -0.1) is 24.8 Å². The van der Waals surface area contributed by atoms with Gasteiger partial charge in [0.05, 0.1) is 0 Å². The number of halogens is 2. The molecular weight excluding hydrogens is 275 g/mol. The minimum Gasteiger partial charge on any atom is -0.333 e. The highest BCUT2D eigenvalue weighted by molar-refractivity contribution is 5.85. The number of hydrogen-bond acceptors (Lipinski definition) is 3. The Morgan fingerprint density at radius 1 is 0.778 bits per heavy atom. The standard InChI is InChI=1S/C11H18N4O.2ClH/c12-8-1-10(2-8,3-8)14-7(16)15-11-4-9(13,5-11)6-11;;/h1-6,12-13H2,(H2,14,15,16);2*1H. The molecule has 6 fully saturated rings. The van der Waals surface area contributed by atoms with Crippen LogP contribution < -0.4 is 22.1 Å². The van der Waals surface area contributed by atoms with Crippen molar-refractivity contribution >= 4 is 30.8 Å². The first-order chi connectivity index (χ1) is 7.34. The molecule has 0 saturated heterocycles. The van der Waals surface area contributed by atoms with Gasteiger partial charge >= 0.3 is 6.03 Å². The van der Waals surface area contributed by atoms with E-state index in [9.17, 15) is 4.79 Å². The molecule has 6 aliphatic carbocycles. The lowest BCUT2D eigenvalue weighted by molar-refractivity contribution is -0.0831. The van der Waals surface area contributed by atoms with Crippen LogP contribution in [0.2, 0.25) is 0 Å². The summed E-state index contributed by atoms with van der Waals surface area (Å²) in [6.07, 6.45) is 5.67. The zero-order valence-electron chi connectivity index (χ0n) is 10.1. The van der Waals surface area contributed by atoms with Gasteiger partial charge in [0.1, 0.15) is 0 Å².